The normalized spacial score (nSPS) is 11.2. The number of aryl methyl sites for hydroxylation is 1. The Hall–Kier alpha value is -1.55. The average molecular weight is 517 g/mol. The molecule has 0 aliphatic rings. The predicted molar refractivity (Wildman–Crippen MR) is 130 cm³/mol. The molecule has 0 aliphatic heterocycles. The minimum atomic E-state index is 0. The summed E-state index contributed by atoms with van der Waals surface area (Å²) < 4.78 is 5.95. The third-order valence-electron chi connectivity index (χ3n) is 3.70. The first-order valence-electron chi connectivity index (χ1n) is 9.29. The standard InChI is InChI=1S/C20H31N5OS.HI/c1-7-21-19(23-12-17-13-27-20(24-17)25(5)6)22-11-16-9-8-15(4)10-18(16)26-14(2)3;/h8-10,13-14H,7,11-12H2,1-6H3,(H2,21,22,23);1H. The molecule has 0 unspecified atom stereocenters. The maximum absolute atomic E-state index is 5.95. The van der Waals surface area contributed by atoms with Gasteiger partial charge in [0.15, 0.2) is 11.1 Å². The summed E-state index contributed by atoms with van der Waals surface area (Å²) in [6, 6.07) is 6.25. The molecule has 0 radical (unpaired) electrons. The predicted octanol–water partition coefficient (Wildman–Crippen LogP) is 4.18. The van der Waals surface area contributed by atoms with Crippen LogP contribution >= 0.6 is 35.3 Å². The third-order valence-corrected chi connectivity index (χ3v) is 4.75. The highest BCUT2D eigenvalue weighted by Gasteiger charge is 2.08. The van der Waals surface area contributed by atoms with Crippen LogP contribution in [-0.2, 0) is 13.1 Å². The molecular weight excluding hydrogens is 485 g/mol. The number of guanidine groups is 1. The van der Waals surface area contributed by atoms with Crippen LogP contribution in [0.25, 0.3) is 0 Å². The summed E-state index contributed by atoms with van der Waals surface area (Å²) in [7, 11) is 4.00. The number of rotatable bonds is 8. The van der Waals surface area contributed by atoms with Gasteiger partial charge in [-0.3, -0.25) is 0 Å². The van der Waals surface area contributed by atoms with E-state index in [4.69, 9.17) is 9.73 Å². The minimum absolute atomic E-state index is 0. The molecule has 0 amide bonds. The van der Waals surface area contributed by atoms with Crippen molar-refractivity contribution in [2.75, 3.05) is 25.5 Å². The zero-order chi connectivity index (χ0) is 19.8. The van der Waals surface area contributed by atoms with Crippen molar-refractivity contribution in [3.05, 3.63) is 40.4 Å². The van der Waals surface area contributed by atoms with Gasteiger partial charge in [-0.05, 0) is 39.3 Å². The lowest BCUT2D eigenvalue weighted by Crippen LogP contribution is -2.36. The Morgan fingerprint density at radius 3 is 2.64 bits per heavy atom. The largest absolute Gasteiger partial charge is 0.491 e. The van der Waals surface area contributed by atoms with Crippen LogP contribution in [0.15, 0.2) is 28.6 Å². The Labute approximate surface area is 189 Å². The van der Waals surface area contributed by atoms with Gasteiger partial charge in [0.25, 0.3) is 0 Å². The molecule has 0 aliphatic carbocycles. The van der Waals surface area contributed by atoms with Crippen LogP contribution < -0.4 is 20.3 Å². The fraction of sp³-hybridized carbons (Fsp3) is 0.500. The second-order valence-electron chi connectivity index (χ2n) is 6.84. The summed E-state index contributed by atoms with van der Waals surface area (Å²) in [5.74, 6) is 1.67. The fourth-order valence-electron chi connectivity index (χ4n) is 2.42. The Kier molecular flexibility index (Phi) is 10.6. The highest BCUT2D eigenvalue weighted by Crippen LogP contribution is 2.22. The Morgan fingerprint density at radius 2 is 2.04 bits per heavy atom. The van der Waals surface area contributed by atoms with Gasteiger partial charge in [-0.15, -0.1) is 35.3 Å². The molecule has 1 aromatic carbocycles. The van der Waals surface area contributed by atoms with E-state index in [0.717, 1.165) is 34.6 Å². The second kappa shape index (κ2) is 12.1. The monoisotopic (exact) mass is 517 g/mol. The molecule has 0 saturated heterocycles. The Bertz CT molecular complexity index is 761. The number of nitrogens with one attached hydrogen (secondary N) is 2. The zero-order valence-electron chi connectivity index (χ0n) is 17.6. The van der Waals surface area contributed by atoms with Crippen LogP contribution in [0, 0.1) is 6.92 Å². The topological polar surface area (TPSA) is 61.8 Å². The van der Waals surface area contributed by atoms with Crippen LogP contribution in [0.5, 0.6) is 5.75 Å². The number of benzene rings is 1. The van der Waals surface area contributed by atoms with Gasteiger partial charge in [-0.1, -0.05) is 12.1 Å². The number of hydrogen-bond acceptors (Lipinski definition) is 5. The number of aromatic nitrogens is 1. The molecule has 0 bridgehead atoms. The highest BCUT2D eigenvalue weighted by atomic mass is 127. The van der Waals surface area contributed by atoms with E-state index in [1.807, 2.05) is 32.8 Å². The van der Waals surface area contributed by atoms with Gasteiger partial charge < -0.3 is 20.3 Å². The fourth-order valence-corrected chi connectivity index (χ4v) is 3.18. The average Bonchev–Trinajstić information content (AvgIpc) is 3.07. The molecule has 2 aromatic rings. The molecule has 2 rings (SSSR count). The second-order valence-corrected chi connectivity index (χ2v) is 7.68. The van der Waals surface area contributed by atoms with Crippen molar-refractivity contribution in [3.63, 3.8) is 0 Å². The van der Waals surface area contributed by atoms with E-state index in [1.165, 1.54) is 5.56 Å². The Morgan fingerprint density at radius 1 is 1.29 bits per heavy atom. The number of thiazole rings is 1. The van der Waals surface area contributed by atoms with E-state index in [0.29, 0.717) is 13.1 Å². The molecule has 8 heteroatoms. The van der Waals surface area contributed by atoms with Crippen LogP contribution in [0.2, 0.25) is 0 Å². The van der Waals surface area contributed by atoms with Crippen molar-refractivity contribution < 1.29 is 4.74 Å². The van der Waals surface area contributed by atoms with Crippen molar-refractivity contribution >= 4 is 46.4 Å². The maximum atomic E-state index is 5.95. The summed E-state index contributed by atoms with van der Waals surface area (Å²) in [5.41, 5.74) is 3.27. The molecule has 1 aromatic heterocycles. The third kappa shape index (κ3) is 7.83. The van der Waals surface area contributed by atoms with Crippen molar-refractivity contribution in [3.8, 4) is 5.75 Å². The molecule has 156 valence electrons. The molecule has 1 heterocycles. The van der Waals surface area contributed by atoms with Gasteiger partial charge in [0.2, 0.25) is 0 Å². The number of halogens is 1. The number of ether oxygens (including phenoxy) is 1. The number of hydrogen-bond donors (Lipinski definition) is 2. The zero-order valence-corrected chi connectivity index (χ0v) is 20.7. The van der Waals surface area contributed by atoms with Gasteiger partial charge in [0, 0.05) is 31.6 Å². The van der Waals surface area contributed by atoms with E-state index < -0.39 is 0 Å². The van der Waals surface area contributed by atoms with Gasteiger partial charge >= 0.3 is 0 Å². The molecule has 0 saturated carbocycles. The van der Waals surface area contributed by atoms with Crippen molar-refractivity contribution in [2.45, 2.75) is 46.9 Å². The summed E-state index contributed by atoms with van der Waals surface area (Å²) in [6.45, 7) is 10.2. The van der Waals surface area contributed by atoms with Crippen molar-refractivity contribution in [1.29, 1.82) is 0 Å². The Balaban J connectivity index is 0.00000392. The quantitative estimate of drug-likeness (QED) is 0.313. The van der Waals surface area contributed by atoms with E-state index in [9.17, 15) is 0 Å². The molecule has 0 fully saturated rings. The van der Waals surface area contributed by atoms with E-state index in [-0.39, 0.29) is 30.1 Å². The minimum Gasteiger partial charge on any atom is -0.491 e. The SMILES string of the molecule is CCNC(=NCc1ccc(C)cc1OC(C)C)NCc1csc(N(C)C)n1.I. The number of aliphatic imine (C=N–C) groups is 1. The van der Waals surface area contributed by atoms with Crippen LogP contribution in [-0.4, -0.2) is 37.7 Å². The smallest absolute Gasteiger partial charge is 0.191 e. The molecule has 28 heavy (non-hydrogen) atoms. The highest BCUT2D eigenvalue weighted by molar-refractivity contribution is 14.0. The summed E-state index contributed by atoms with van der Waals surface area (Å²) in [4.78, 5) is 11.3. The van der Waals surface area contributed by atoms with Crippen LogP contribution in [0.4, 0.5) is 5.13 Å². The molecule has 2 N–H and O–H groups in total. The lowest BCUT2D eigenvalue weighted by molar-refractivity contribution is 0.240. The van der Waals surface area contributed by atoms with E-state index in [2.05, 4.69) is 53.0 Å². The van der Waals surface area contributed by atoms with E-state index >= 15 is 0 Å². The number of nitrogens with zero attached hydrogens (tertiary/aromatic N) is 3. The molecule has 6 nitrogen and oxygen atoms in total. The van der Waals surface area contributed by atoms with Crippen LogP contribution in [0.1, 0.15) is 37.6 Å². The number of anilines is 1. The lowest BCUT2D eigenvalue weighted by Gasteiger charge is -2.15. The summed E-state index contributed by atoms with van der Waals surface area (Å²) in [6.07, 6.45) is 0.136. The molecule has 0 atom stereocenters. The van der Waals surface area contributed by atoms with Gasteiger partial charge in [0.1, 0.15) is 5.75 Å². The summed E-state index contributed by atoms with van der Waals surface area (Å²) >= 11 is 1.64. The summed E-state index contributed by atoms with van der Waals surface area (Å²) in [5, 5.41) is 9.72. The van der Waals surface area contributed by atoms with E-state index in [1.54, 1.807) is 11.3 Å². The van der Waals surface area contributed by atoms with Gasteiger partial charge in [-0.25, -0.2) is 9.98 Å². The van der Waals surface area contributed by atoms with Crippen LogP contribution in [0.3, 0.4) is 0 Å². The van der Waals surface area contributed by atoms with Crippen molar-refractivity contribution in [1.82, 2.24) is 15.6 Å². The first kappa shape index (κ1) is 24.5. The van der Waals surface area contributed by atoms with Gasteiger partial charge in [0.05, 0.1) is 24.9 Å². The maximum Gasteiger partial charge on any atom is 0.191 e. The first-order chi connectivity index (χ1) is 12.9. The molecular formula is C20H32IN5OS. The molecule has 0 spiro atoms. The van der Waals surface area contributed by atoms with Gasteiger partial charge in [-0.2, -0.15) is 0 Å². The lowest BCUT2D eigenvalue weighted by atomic mass is 10.1. The van der Waals surface area contributed by atoms with Crippen molar-refractivity contribution in [2.24, 2.45) is 4.99 Å². The first-order valence-corrected chi connectivity index (χ1v) is 10.2.